The van der Waals surface area contributed by atoms with Crippen LogP contribution in [-0.2, 0) is 56.8 Å². The van der Waals surface area contributed by atoms with Crippen LogP contribution in [0.5, 0.6) is 0 Å². The van der Waals surface area contributed by atoms with Crippen molar-refractivity contribution in [1.82, 2.24) is 51.1 Å². The van der Waals surface area contributed by atoms with Gasteiger partial charge in [-0.25, -0.2) is 6.57 Å². The summed E-state index contributed by atoms with van der Waals surface area (Å²) < 4.78 is 51.7. The minimum atomic E-state index is -3.85. The van der Waals surface area contributed by atoms with E-state index < -0.39 is 220 Å². The fraction of sp³-hybridized carbons (Fsp3) is 0.538. The minimum absolute atomic E-state index is 0.00278. The van der Waals surface area contributed by atoms with E-state index in [2.05, 4.69) is 76.9 Å². The van der Waals surface area contributed by atoms with E-state index in [-0.39, 0.29) is 81.7 Å². The molecule has 5 fully saturated rings. The van der Waals surface area contributed by atoms with Crippen LogP contribution in [0.3, 0.4) is 0 Å². The molecule has 632 valence electrons. The van der Waals surface area contributed by atoms with Crippen LogP contribution in [0.1, 0.15) is 20.3 Å². The minimum Gasteiger partial charge on any atom is -0.393 e. The molecule has 44 nitrogen and oxygen atoms in total. The molecule has 0 aromatic rings. The fourth-order valence-electron chi connectivity index (χ4n) is 12.1. The summed E-state index contributed by atoms with van der Waals surface area (Å²) in [4.78, 5) is 106. The van der Waals surface area contributed by atoms with Crippen LogP contribution in [0.15, 0.2) is 133 Å². The van der Waals surface area contributed by atoms with Crippen molar-refractivity contribution in [3.63, 3.8) is 0 Å². The molecule has 0 radical (unpaired) electrons. The molecule has 0 bridgehead atoms. The Morgan fingerprint density at radius 3 is 1.29 bits per heavy atom. The number of rotatable bonds is 21. The van der Waals surface area contributed by atoms with Crippen LogP contribution < -0.4 is 26.6 Å². The number of hydrogen-bond acceptors (Lipinski definition) is 36. The van der Waals surface area contributed by atoms with Gasteiger partial charge in [-0.1, -0.05) is 45.5 Å². The molecule has 26 N–H and O–H groups in total. The Balaban J connectivity index is 0.000000222. The molecular formula is C65H99N11O33P4. The van der Waals surface area contributed by atoms with E-state index in [1.165, 1.54) is 88.8 Å². The number of aliphatic hydroxyl groups excluding tert-OH is 17. The highest BCUT2D eigenvalue weighted by molar-refractivity contribution is 7.81. The number of carbonyl (C=O) groups is 5. The lowest BCUT2D eigenvalue weighted by molar-refractivity contribution is -0.130. The molecule has 10 aliphatic rings. The number of amides is 5. The molecule has 5 saturated heterocycles. The normalized spacial score (nSPS) is 35.5. The Hall–Kier alpha value is -7.00. The zero-order chi connectivity index (χ0) is 85.4. The van der Waals surface area contributed by atoms with E-state index in [1.54, 1.807) is 0 Å². The predicted octanol–water partition coefficient (Wildman–Crippen LogP) is -8.97. The smallest absolute Gasteiger partial charge is 0.390 e. The lowest BCUT2D eigenvalue weighted by Gasteiger charge is -2.34. The van der Waals surface area contributed by atoms with Crippen molar-refractivity contribution in [3.8, 4) is 0 Å². The first-order chi connectivity index (χ1) is 52.3. The van der Waals surface area contributed by atoms with Crippen molar-refractivity contribution < 1.29 is 163 Å². The Morgan fingerprint density at radius 1 is 0.531 bits per heavy atom. The van der Waals surface area contributed by atoms with Gasteiger partial charge in [0.2, 0.25) is 14.7 Å². The summed E-state index contributed by atoms with van der Waals surface area (Å²) in [5.41, 5.74) is -3.21. The molecule has 10 aliphatic heterocycles. The molecule has 0 saturated carbocycles. The molecular weight excluding hydrogens is 1590 g/mol. The maximum atomic E-state index is 12.2. The van der Waals surface area contributed by atoms with Crippen LogP contribution >= 0.6 is 29.0 Å². The lowest BCUT2D eigenvalue weighted by atomic mass is 9.98. The van der Waals surface area contributed by atoms with E-state index in [0.717, 1.165) is 11.9 Å². The Bertz CT molecular complexity index is 4070. The average molecular weight is 1690 g/mol. The molecule has 0 spiro atoms. The molecule has 25 atom stereocenters. The van der Waals surface area contributed by atoms with Gasteiger partial charge in [-0.2, -0.15) is 0 Å². The van der Waals surface area contributed by atoms with Crippen LogP contribution in [0.25, 0.3) is 4.85 Å². The average Bonchev–Trinajstić information content (AvgIpc) is 1.61. The molecule has 113 heavy (non-hydrogen) atoms. The summed E-state index contributed by atoms with van der Waals surface area (Å²) in [6.07, 6.45) is -7.43. The van der Waals surface area contributed by atoms with Gasteiger partial charge in [0.05, 0.1) is 79.3 Å². The van der Waals surface area contributed by atoms with Crippen LogP contribution in [0.4, 0.5) is 0 Å². The van der Waals surface area contributed by atoms with Crippen molar-refractivity contribution in [3.05, 3.63) is 145 Å². The molecule has 0 aromatic carbocycles. The first-order valence-corrected chi connectivity index (χ1v) is 42.9. The van der Waals surface area contributed by atoms with Gasteiger partial charge in [0.15, 0.2) is 43.9 Å². The zero-order valence-electron chi connectivity index (χ0n) is 61.4. The number of carbonyl (C=O) groups excluding carboxylic acids is 5. The van der Waals surface area contributed by atoms with Crippen molar-refractivity contribution in [2.24, 2.45) is 0 Å². The van der Waals surface area contributed by atoms with Crippen LogP contribution in [0, 0.1) is 6.57 Å². The van der Waals surface area contributed by atoms with Crippen molar-refractivity contribution in [2.75, 3.05) is 70.9 Å². The largest absolute Gasteiger partial charge is 0.393 e. The summed E-state index contributed by atoms with van der Waals surface area (Å²) in [7, 11) is -13.0. The highest BCUT2D eigenvalue weighted by atomic mass is 31.2. The van der Waals surface area contributed by atoms with Gasteiger partial charge in [0.25, 0.3) is 29.5 Å². The maximum absolute atomic E-state index is 12.2. The first-order valence-electron chi connectivity index (χ1n) is 33.8. The van der Waals surface area contributed by atoms with Gasteiger partial charge in [-0.05, 0) is 45.5 Å². The second-order valence-electron chi connectivity index (χ2n) is 27.8. The highest BCUT2D eigenvalue weighted by Gasteiger charge is 2.62. The molecule has 0 aromatic heterocycles. The zero-order valence-corrected chi connectivity index (χ0v) is 64.9. The molecule has 10 rings (SSSR count). The van der Waals surface area contributed by atoms with E-state index >= 15 is 0 Å². The maximum Gasteiger partial charge on any atom is 0.390 e. The number of hydrogen-bond donors (Lipinski definition) is 26. The Labute approximate surface area is 646 Å². The molecule has 0 aliphatic carbocycles. The van der Waals surface area contributed by atoms with Crippen molar-refractivity contribution in [1.29, 1.82) is 0 Å². The molecule has 48 heteroatoms. The predicted molar refractivity (Wildman–Crippen MR) is 397 cm³/mol. The highest BCUT2D eigenvalue weighted by Crippen LogP contribution is 2.57. The lowest BCUT2D eigenvalue weighted by Crippen LogP contribution is -2.48. The Kier molecular flexibility index (Phi) is 32.2. The number of nitrogens with one attached hydrogen (secondary N) is 5. The number of aliphatic hydroxyl groups is 17. The van der Waals surface area contributed by atoms with E-state index in [4.69, 9.17) is 40.5 Å². The van der Waals surface area contributed by atoms with Gasteiger partial charge in [-0.15, -0.1) is 0 Å². The third-order valence-electron chi connectivity index (χ3n) is 18.1. The van der Waals surface area contributed by atoms with E-state index in [0.29, 0.717) is 0 Å². The molecule has 10 unspecified atom stereocenters. The third-order valence-corrected chi connectivity index (χ3v) is 27.9. The standard InChI is InChI=1S/C15H26N2O8P2.C15H24N2O8P2.C12H15N3O6.C12H18N2O6.C11H16N2O5/c2*1-9-16-14(21)10(7-18)6-17(9)15-13(20)12(19)11(25-15)4-5-27(23,24)8-26(2,3)22;1-6-14-10(20)7(4-16)3-15(6)11-8(18)9(19)12(5-17,13-2)21-11;1-6-13-10(19)7(4-15)3-14(6)11-8(17)9(18)12(2,5-16)20-11;1-5(14)10-8(16)9(17)11(18-10)13-4-3-7(15)12-6(13)2/h6,11-13,15,18-20,22H,1-2,4-5,7-8H2,3H3,(H,16,21)(H,23,24);4-6,11-13,15,18-20,22H,1-2,7-8H2,3H3,(H,16,21)(H,23,24);3,8-9,11,16-19H,1,4-5H2,(H,14,20);3,8-9,11,15-18H,1,4-5H2,2H3,(H,13,19);3-5,8-11,14,16-17H,2H2,1H3,(H,12,15)/b;5-4+;;;/t2*11-,12?,13+,15-,26?;2*8-,9?,11+,12+;5?,8?,9-,10+,11+/m11000/s1. The van der Waals surface area contributed by atoms with Gasteiger partial charge >= 0.3 is 5.72 Å². The van der Waals surface area contributed by atoms with Crippen molar-refractivity contribution in [2.45, 2.75) is 148 Å². The summed E-state index contributed by atoms with van der Waals surface area (Å²) in [5, 5.41) is 177. The van der Waals surface area contributed by atoms with Gasteiger partial charge < -0.3 is 176 Å². The summed E-state index contributed by atoms with van der Waals surface area (Å²) in [6, 6.07) is 0. The SMILES string of the molecule is C=C1NC(=O)C(CO)=CN1[C@@H]1O[C@H](/C=C/P(=O)(O)CP(=C)(C)O)C(O)[C@@H]1O.C=C1NC(=O)C(CO)=CN1[C@@H]1O[C@H](CCP(=O)(O)CP(=C)(C)O)C(O)[C@@H]1O.C=C1NC(=O)C(CO)=CN1[C@@H]1O[C@](C)(CO)C(O)[C@@H]1O.C=C1NC(=O)C=CN1[C@@H]1O[C@H](C(C)O)C(O)[C@@H]1O.[C-]#[N+][C@]1(CO)O[C@@H](N2C=C(CO)C(=O)NC2=C)[C@@H](O)C1O. The number of ether oxygens (including phenoxy) is 5. The summed E-state index contributed by atoms with van der Waals surface area (Å²) in [6.45, 7) is 27.5. The third kappa shape index (κ3) is 22.8. The fourth-order valence-corrected chi connectivity index (χ4v) is 21.4. The summed E-state index contributed by atoms with van der Waals surface area (Å²) >= 11 is 0. The van der Waals surface area contributed by atoms with Crippen LogP contribution in [0.2, 0.25) is 0 Å². The quantitative estimate of drug-likeness (QED) is 0.0375. The van der Waals surface area contributed by atoms with Crippen LogP contribution in [-0.4, -0.2) is 372 Å². The van der Waals surface area contributed by atoms with Gasteiger partial charge in [-0.3, -0.25) is 42.7 Å². The molecule has 10 heterocycles. The second-order valence-corrected chi connectivity index (χ2v) is 39.3. The second kappa shape index (κ2) is 38.4. The topological polar surface area (TPSA) is 671 Å². The summed E-state index contributed by atoms with van der Waals surface area (Å²) in [5.74, 6) is -1.59. The molecule has 5 amide bonds. The number of nitrogens with zero attached hydrogens (tertiary/aromatic N) is 6. The van der Waals surface area contributed by atoms with E-state index in [9.17, 15) is 129 Å². The van der Waals surface area contributed by atoms with Gasteiger partial charge in [0.1, 0.15) is 102 Å². The van der Waals surface area contributed by atoms with E-state index in [1.807, 2.05) is 0 Å². The first kappa shape index (κ1) is 94.9. The van der Waals surface area contributed by atoms with Crippen molar-refractivity contribution >= 4 is 71.1 Å². The Morgan fingerprint density at radius 2 is 0.920 bits per heavy atom. The monoisotopic (exact) mass is 1690 g/mol. The van der Waals surface area contributed by atoms with Gasteiger partial charge in [0, 0.05) is 57.5 Å².